The smallest absolute Gasteiger partial charge is 0.353 e. The molecule has 1 saturated heterocycles. The lowest BCUT2D eigenvalue weighted by Crippen LogP contribution is -2.61. The van der Waals surface area contributed by atoms with Gasteiger partial charge in [-0.15, -0.1) is 0 Å². The number of amides is 1. The molecule has 180 valence electrons. The number of carbonyl (C=O) groups is 2. The van der Waals surface area contributed by atoms with Gasteiger partial charge in [0.15, 0.2) is 5.78 Å². The van der Waals surface area contributed by atoms with Crippen LogP contribution < -0.4 is 5.32 Å². The minimum absolute atomic E-state index is 0.0544. The van der Waals surface area contributed by atoms with E-state index in [-0.39, 0.29) is 34.3 Å². The summed E-state index contributed by atoms with van der Waals surface area (Å²) in [6.07, 6.45) is 1.91. The van der Waals surface area contributed by atoms with Crippen LogP contribution in [0.2, 0.25) is 0 Å². The average Bonchev–Trinajstić information content (AvgIpc) is 3.11. The molecule has 0 aromatic heterocycles. The van der Waals surface area contributed by atoms with Gasteiger partial charge in [-0.25, -0.2) is 0 Å². The maximum Gasteiger partial charge on any atom is 0.402 e. The van der Waals surface area contributed by atoms with Crippen molar-refractivity contribution in [3.63, 3.8) is 0 Å². The molecule has 8 atom stereocenters. The van der Waals surface area contributed by atoms with E-state index in [4.69, 9.17) is 0 Å². The third-order valence-electron chi connectivity index (χ3n) is 10.2. The summed E-state index contributed by atoms with van der Waals surface area (Å²) in [6, 6.07) is 7.90. The second-order valence-electron chi connectivity index (χ2n) is 11.5. The number of hydrogen-bond donors (Lipinski definition) is 1. The zero-order valence-corrected chi connectivity index (χ0v) is 19.5. The summed E-state index contributed by atoms with van der Waals surface area (Å²) in [5, 5.41) is 3.22. The first-order valence-corrected chi connectivity index (χ1v) is 12.5. The molecule has 1 amide bonds. The van der Waals surface area contributed by atoms with E-state index in [1.165, 1.54) is 12.1 Å². The van der Waals surface area contributed by atoms with Crippen LogP contribution in [0.5, 0.6) is 0 Å². The number of carbonyl (C=O) groups excluding carboxylic acids is 2. The molecule has 0 spiro atoms. The Morgan fingerprint density at radius 2 is 1.67 bits per heavy atom. The Hall–Kier alpha value is -1.85. The summed E-state index contributed by atoms with van der Waals surface area (Å²) in [5.41, 5.74) is -0.266. The van der Waals surface area contributed by atoms with E-state index >= 15 is 0 Å². The Labute approximate surface area is 193 Å². The van der Waals surface area contributed by atoms with E-state index < -0.39 is 23.8 Å². The molecular weight excluding hydrogens is 427 g/mol. The van der Waals surface area contributed by atoms with Crippen LogP contribution in [0.15, 0.2) is 30.3 Å². The maximum absolute atomic E-state index is 14.1. The van der Waals surface area contributed by atoms with Crippen LogP contribution in [0.1, 0.15) is 76.7 Å². The zero-order chi connectivity index (χ0) is 23.6. The molecule has 5 rings (SSSR count). The van der Waals surface area contributed by atoms with Gasteiger partial charge in [0.25, 0.3) is 0 Å². The van der Waals surface area contributed by atoms with Crippen molar-refractivity contribution in [3.8, 4) is 0 Å². The molecule has 1 aromatic carbocycles. The molecule has 3 aliphatic carbocycles. The fourth-order valence-electron chi connectivity index (χ4n) is 8.53. The number of fused-ring (bicyclic) bond motifs is 5. The highest BCUT2D eigenvalue weighted by Crippen LogP contribution is 2.66. The minimum Gasteiger partial charge on any atom is -0.353 e. The molecule has 1 aromatic rings. The molecule has 4 aliphatic rings. The van der Waals surface area contributed by atoms with Gasteiger partial charge in [0.05, 0.1) is 0 Å². The molecular formula is C27H34F3NO2. The molecule has 0 radical (unpaired) electrons. The van der Waals surface area contributed by atoms with Crippen LogP contribution in [-0.4, -0.2) is 23.9 Å². The van der Waals surface area contributed by atoms with E-state index in [1.807, 2.05) is 0 Å². The van der Waals surface area contributed by atoms with Gasteiger partial charge >= 0.3 is 6.18 Å². The van der Waals surface area contributed by atoms with Gasteiger partial charge in [-0.3, -0.25) is 9.59 Å². The average molecular weight is 462 g/mol. The van der Waals surface area contributed by atoms with E-state index in [1.54, 1.807) is 18.2 Å². The van der Waals surface area contributed by atoms with E-state index in [9.17, 15) is 22.8 Å². The highest BCUT2D eigenvalue weighted by atomic mass is 19.4. The van der Waals surface area contributed by atoms with Crippen LogP contribution in [0.25, 0.3) is 0 Å². The van der Waals surface area contributed by atoms with Crippen molar-refractivity contribution >= 4 is 11.7 Å². The number of nitrogens with one attached hydrogen (secondary N) is 1. The van der Waals surface area contributed by atoms with Crippen LogP contribution in [0.3, 0.4) is 0 Å². The van der Waals surface area contributed by atoms with Gasteiger partial charge in [0.1, 0.15) is 5.92 Å². The van der Waals surface area contributed by atoms with Crippen molar-refractivity contribution in [1.82, 2.24) is 5.32 Å². The number of halogens is 3. The Morgan fingerprint density at radius 3 is 2.36 bits per heavy atom. The van der Waals surface area contributed by atoms with E-state index in [0.29, 0.717) is 24.7 Å². The fourth-order valence-corrected chi connectivity index (χ4v) is 8.53. The Kier molecular flexibility index (Phi) is 5.45. The zero-order valence-electron chi connectivity index (χ0n) is 19.5. The van der Waals surface area contributed by atoms with E-state index in [0.717, 1.165) is 38.5 Å². The quantitative estimate of drug-likeness (QED) is 0.597. The number of hydrogen-bond acceptors (Lipinski definition) is 2. The lowest BCUT2D eigenvalue weighted by Gasteiger charge is -2.60. The molecule has 1 heterocycles. The molecule has 1 N–H and O–H groups in total. The molecule has 3 nitrogen and oxygen atoms in total. The summed E-state index contributed by atoms with van der Waals surface area (Å²) >= 11 is 0. The Morgan fingerprint density at radius 1 is 0.970 bits per heavy atom. The van der Waals surface area contributed by atoms with Crippen molar-refractivity contribution < 1.29 is 22.8 Å². The number of rotatable bonds is 3. The molecule has 33 heavy (non-hydrogen) atoms. The number of alkyl halides is 3. The lowest BCUT2D eigenvalue weighted by molar-refractivity contribution is -0.170. The molecule has 0 unspecified atom stereocenters. The number of ketones is 1. The van der Waals surface area contributed by atoms with Gasteiger partial charge in [-0.2, -0.15) is 13.2 Å². The summed E-state index contributed by atoms with van der Waals surface area (Å²) < 4.78 is 42.4. The van der Waals surface area contributed by atoms with Crippen molar-refractivity contribution in [3.05, 3.63) is 35.9 Å². The molecule has 4 fully saturated rings. The highest BCUT2D eigenvalue weighted by Gasteiger charge is 2.63. The third-order valence-corrected chi connectivity index (χ3v) is 10.2. The van der Waals surface area contributed by atoms with Crippen LogP contribution in [0, 0.1) is 34.5 Å². The first-order valence-electron chi connectivity index (χ1n) is 12.5. The highest BCUT2D eigenvalue weighted by molar-refractivity contribution is 5.89. The Balaban J connectivity index is 1.42. The molecule has 6 heteroatoms. The van der Waals surface area contributed by atoms with Gasteiger partial charge < -0.3 is 5.32 Å². The minimum atomic E-state index is -4.59. The van der Waals surface area contributed by atoms with Gasteiger partial charge in [0.2, 0.25) is 5.91 Å². The number of Topliss-reactive ketones (excluding diaryl/α,β-unsaturated/α-hetero) is 1. The predicted octanol–water partition coefficient (Wildman–Crippen LogP) is 6.04. The standard InChI is InChI=1S/C27H34F3NO2/c1-25-14-12-19-17(8-11-21-26(19,2)15-13-22(32)31-21)18(25)9-10-20(25)24(33)23(27(28,29)30)16-6-4-3-5-7-16/h3-7,17-21,23H,8-15H2,1-2H3,(H,31,32)/t17-,18-,19-,20+,21-,23+,25-,26+/m0/s1. The van der Waals surface area contributed by atoms with Crippen LogP contribution in [0.4, 0.5) is 13.2 Å². The van der Waals surface area contributed by atoms with E-state index in [2.05, 4.69) is 19.2 Å². The van der Waals surface area contributed by atoms with Gasteiger partial charge in [-0.1, -0.05) is 44.2 Å². The second kappa shape index (κ2) is 7.84. The summed E-state index contributed by atoms with van der Waals surface area (Å²) in [4.78, 5) is 25.6. The summed E-state index contributed by atoms with van der Waals surface area (Å²) in [5.74, 6) is -1.91. The first kappa shape index (κ1) is 22.9. The monoisotopic (exact) mass is 461 g/mol. The molecule has 0 bridgehead atoms. The Bertz CT molecular complexity index is 931. The van der Waals surface area contributed by atoms with Gasteiger partial charge in [0, 0.05) is 18.4 Å². The fraction of sp³-hybridized carbons (Fsp3) is 0.704. The van der Waals surface area contributed by atoms with Crippen molar-refractivity contribution in [2.75, 3.05) is 0 Å². The largest absolute Gasteiger partial charge is 0.402 e. The van der Waals surface area contributed by atoms with Crippen molar-refractivity contribution in [2.45, 2.75) is 83.4 Å². The van der Waals surface area contributed by atoms with Crippen molar-refractivity contribution in [2.24, 2.45) is 34.5 Å². The lowest BCUT2D eigenvalue weighted by atomic mass is 9.46. The normalized spacial score (nSPS) is 41.4. The molecule has 3 saturated carbocycles. The van der Waals surface area contributed by atoms with Crippen LogP contribution in [-0.2, 0) is 9.59 Å². The van der Waals surface area contributed by atoms with Crippen molar-refractivity contribution in [1.29, 1.82) is 0 Å². The van der Waals surface area contributed by atoms with Gasteiger partial charge in [-0.05, 0) is 79.1 Å². The third kappa shape index (κ3) is 3.54. The molecule has 1 aliphatic heterocycles. The first-order chi connectivity index (χ1) is 15.6. The van der Waals surface area contributed by atoms with Crippen LogP contribution >= 0.6 is 0 Å². The SMILES string of the molecule is C[C@]12CCC(=O)N[C@H]1CC[C@@H]1[C@@H]2CC[C@]2(C)[C@@H](C(=O)[C@@H](c3ccccc3)C(F)(F)F)CC[C@@H]12. The summed E-state index contributed by atoms with van der Waals surface area (Å²) in [7, 11) is 0. The summed E-state index contributed by atoms with van der Waals surface area (Å²) in [6.45, 7) is 4.40. The number of piperidine rings is 1. The number of benzene rings is 1. The predicted molar refractivity (Wildman–Crippen MR) is 119 cm³/mol. The second-order valence-corrected chi connectivity index (χ2v) is 11.5. The maximum atomic E-state index is 14.1. The topological polar surface area (TPSA) is 46.2 Å².